The Bertz CT molecular complexity index is 300. The molecule has 1 nitrogen and oxygen atoms in total. The van der Waals surface area contributed by atoms with Crippen molar-refractivity contribution in [2.24, 2.45) is 0 Å². The van der Waals surface area contributed by atoms with Crippen molar-refractivity contribution in [1.82, 2.24) is 0 Å². The van der Waals surface area contributed by atoms with E-state index in [-0.39, 0.29) is 0 Å². The zero-order valence-corrected chi connectivity index (χ0v) is 7.21. The van der Waals surface area contributed by atoms with Crippen LogP contribution < -0.4 is 4.74 Å². The molecule has 0 amide bonds. The molecule has 0 heterocycles. The monoisotopic (exact) mass is 160 g/mol. The van der Waals surface area contributed by atoms with Crippen LogP contribution in [-0.4, -0.2) is 0 Å². The van der Waals surface area contributed by atoms with Gasteiger partial charge >= 0.3 is 0 Å². The van der Waals surface area contributed by atoms with Gasteiger partial charge in [0, 0.05) is 5.56 Å². The molecule has 1 rings (SSSR count). The largest absolute Gasteiger partial charge is 0.462 e. The molecule has 0 aromatic heterocycles. The van der Waals surface area contributed by atoms with Gasteiger partial charge in [-0.2, -0.15) is 0 Å². The van der Waals surface area contributed by atoms with Crippen LogP contribution >= 0.6 is 0 Å². The smallest absolute Gasteiger partial charge is 0.134 e. The summed E-state index contributed by atoms with van der Waals surface area (Å²) in [6.07, 6.45) is 1.76. The van der Waals surface area contributed by atoms with E-state index >= 15 is 0 Å². The molecule has 0 spiro atoms. The van der Waals surface area contributed by atoms with E-state index in [1.54, 1.807) is 6.08 Å². The highest BCUT2D eigenvalue weighted by Crippen LogP contribution is 2.20. The zero-order chi connectivity index (χ0) is 8.97. The molecule has 12 heavy (non-hydrogen) atoms. The van der Waals surface area contributed by atoms with Crippen LogP contribution in [0.15, 0.2) is 43.2 Å². The molecule has 0 saturated heterocycles. The summed E-state index contributed by atoms with van der Waals surface area (Å²) in [7, 11) is 0. The number of para-hydroxylation sites is 1. The van der Waals surface area contributed by atoms with Crippen LogP contribution in [0.1, 0.15) is 12.5 Å². The second kappa shape index (κ2) is 3.77. The summed E-state index contributed by atoms with van der Waals surface area (Å²) in [5.41, 5.74) is 0.987. The predicted octanol–water partition coefficient (Wildman–Crippen LogP) is 3.24. The van der Waals surface area contributed by atoms with Gasteiger partial charge in [0.15, 0.2) is 0 Å². The Labute approximate surface area is 73.0 Å². The summed E-state index contributed by atoms with van der Waals surface area (Å²) in [5, 5.41) is 0. The first-order valence-electron chi connectivity index (χ1n) is 3.79. The number of allylic oxidation sites excluding steroid dienone is 1. The second-order valence-corrected chi connectivity index (χ2v) is 2.55. The summed E-state index contributed by atoms with van der Waals surface area (Å²) >= 11 is 0. The van der Waals surface area contributed by atoms with Gasteiger partial charge in [-0.05, 0) is 13.0 Å². The number of rotatable bonds is 3. The van der Waals surface area contributed by atoms with Gasteiger partial charge < -0.3 is 4.74 Å². The third-order valence-electron chi connectivity index (χ3n) is 1.42. The Balaban J connectivity index is 2.96. The van der Waals surface area contributed by atoms with Gasteiger partial charge in [0.2, 0.25) is 0 Å². The number of hydrogen-bond donors (Lipinski definition) is 0. The summed E-state index contributed by atoms with van der Waals surface area (Å²) in [6, 6.07) is 7.71. The molecule has 0 aliphatic heterocycles. The fraction of sp³-hybridized carbons (Fsp3) is 0.0909. The molecule has 1 heteroatoms. The molecule has 0 saturated carbocycles. The highest BCUT2D eigenvalue weighted by atomic mass is 16.5. The average Bonchev–Trinajstić information content (AvgIpc) is 2.04. The molecular weight excluding hydrogens is 148 g/mol. The SMILES string of the molecule is C=Cc1ccccc1OC(=C)C. The molecule has 0 fully saturated rings. The number of benzene rings is 1. The first-order valence-corrected chi connectivity index (χ1v) is 3.79. The topological polar surface area (TPSA) is 9.23 Å². The fourth-order valence-electron chi connectivity index (χ4n) is 0.930. The van der Waals surface area contributed by atoms with Gasteiger partial charge in [-0.15, -0.1) is 0 Å². The quantitative estimate of drug-likeness (QED) is 0.617. The van der Waals surface area contributed by atoms with E-state index < -0.39 is 0 Å². The molecule has 1 aromatic rings. The van der Waals surface area contributed by atoms with E-state index in [4.69, 9.17) is 4.74 Å². The van der Waals surface area contributed by atoms with Crippen LogP contribution in [0, 0.1) is 0 Å². The van der Waals surface area contributed by atoms with Crippen molar-refractivity contribution in [3.05, 3.63) is 48.7 Å². The van der Waals surface area contributed by atoms with Gasteiger partial charge in [0.1, 0.15) is 5.75 Å². The molecule has 0 aliphatic carbocycles. The third kappa shape index (κ3) is 1.99. The van der Waals surface area contributed by atoms with Crippen LogP contribution in [0.5, 0.6) is 5.75 Å². The van der Waals surface area contributed by atoms with Crippen LogP contribution in [0.3, 0.4) is 0 Å². The fourth-order valence-corrected chi connectivity index (χ4v) is 0.930. The molecule has 0 aliphatic rings. The van der Waals surface area contributed by atoms with E-state index in [1.165, 1.54) is 0 Å². The minimum absolute atomic E-state index is 0.685. The predicted molar refractivity (Wildman–Crippen MR) is 52.0 cm³/mol. The van der Waals surface area contributed by atoms with Crippen molar-refractivity contribution in [2.75, 3.05) is 0 Å². The molecule has 0 bridgehead atoms. The second-order valence-electron chi connectivity index (χ2n) is 2.55. The van der Waals surface area contributed by atoms with Crippen LogP contribution in [-0.2, 0) is 0 Å². The van der Waals surface area contributed by atoms with E-state index in [1.807, 2.05) is 31.2 Å². The maximum absolute atomic E-state index is 5.37. The lowest BCUT2D eigenvalue weighted by Crippen LogP contribution is -1.90. The maximum atomic E-state index is 5.37. The van der Waals surface area contributed by atoms with Gasteiger partial charge in [0.05, 0.1) is 5.76 Å². The van der Waals surface area contributed by atoms with Gasteiger partial charge in [0.25, 0.3) is 0 Å². The summed E-state index contributed by atoms with van der Waals surface area (Å²) in [6.45, 7) is 9.18. The average molecular weight is 160 g/mol. The lowest BCUT2D eigenvalue weighted by atomic mass is 10.2. The normalized spacial score (nSPS) is 9.08. The van der Waals surface area contributed by atoms with Crippen LogP contribution in [0.4, 0.5) is 0 Å². The first kappa shape index (κ1) is 8.60. The van der Waals surface area contributed by atoms with Crippen molar-refractivity contribution in [3.8, 4) is 5.75 Å². The Kier molecular flexibility index (Phi) is 2.70. The molecule has 0 atom stereocenters. The molecular formula is C11H12O. The van der Waals surface area contributed by atoms with Gasteiger partial charge in [-0.1, -0.05) is 37.4 Å². The van der Waals surface area contributed by atoms with Gasteiger partial charge in [-0.3, -0.25) is 0 Å². The third-order valence-corrected chi connectivity index (χ3v) is 1.42. The lowest BCUT2D eigenvalue weighted by molar-refractivity contribution is 0.429. The van der Waals surface area contributed by atoms with Crippen molar-refractivity contribution >= 4 is 6.08 Å². The van der Waals surface area contributed by atoms with E-state index in [9.17, 15) is 0 Å². The standard InChI is InChI=1S/C11H12O/c1-4-10-7-5-6-8-11(10)12-9(2)3/h4-8H,1-2H2,3H3. The zero-order valence-electron chi connectivity index (χ0n) is 7.21. The lowest BCUT2D eigenvalue weighted by Gasteiger charge is -2.06. The highest BCUT2D eigenvalue weighted by Gasteiger charge is 1.97. The minimum Gasteiger partial charge on any atom is -0.462 e. The van der Waals surface area contributed by atoms with Crippen LogP contribution in [0.2, 0.25) is 0 Å². The molecule has 0 N–H and O–H groups in total. The highest BCUT2D eigenvalue weighted by molar-refractivity contribution is 5.55. The van der Waals surface area contributed by atoms with Crippen molar-refractivity contribution in [1.29, 1.82) is 0 Å². The summed E-state index contributed by atoms with van der Waals surface area (Å²) in [4.78, 5) is 0. The van der Waals surface area contributed by atoms with Crippen molar-refractivity contribution < 1.29 is 4.74 Å². The Morgan fingerprint density at radius 2 is 2.08 bits per heavy atom. The van der Waals surface area contributed by atoms with E-state index in [2.05, 4.69) is 13.2 Å². The maximum Gasteiger partial charge on any atom is 0.134 e. The Morgan fingerprint density at radius 1 is 1.42 bits per heavy atom. The Hall–Kier alpha value is -1.50. The summed E-state index contributed by atoms with van der Waals surface area (Å²) < 4.78 is 5.37. The summed E-state index contributed by atoms with van der Waals surface area (Å²) in [5.74, 6) is 1.49. The van der Waals surface area contributed by atoms with Crippen LogP contribution in [0.25, 0.3) is 6.08 Å². The van der Waals surface area contributed by atoms with Crippen molar-refractivity contribution in [3.63, 3.8) is 0 Å². The van der Waals surface area contributed by atoms with Crippen molar-refractivity contribution in [2.45, 2.75) is 6.92 Å². The molecule has 62 valence electrons. The number of hydrogen-bond acceptors (Lipinski definition) is 1. The minimum atomic E-state index is 0.685. The Morgan fingerprint density at radius 3 is 2.67 bits per heavy atom. The number of ether oxygens (including phenoxy) is 1. The van der Waals surface area contributed by atoms with E-state index in [0.29, 0.717) is 5.76 Å². The van der Waals surface area contributed by atoms with Gasteiger partial charge in [-0.25, -0.2) is 0 Å². The van der Waals surface area contributed by atoms with E-state index in [0.717, 1.165) is 11.3 Å². The molecule has 0 radical (unpaired) electrons. The molecule has 0 unspecified atom stereocenters. The first-order chi connectivity index (χ1) is 5.74. The molecule has 1 aromatic carbocycles.